The molecule has 1 amide bonds. The third kappa shape index (κ3) is 2.76. The van der Waals surface area contributed by atoms with E-state index in [1.807, 2.05) is 26.0 Å². The van der Waals surface area contributed by atoms with Gasteiger partial charge in [-0.05, 0) is 37.1 Å². The first-order valence-corrected chi connectivity index (χ1v) is 8.06. The Kier molecular flexibility index (Phi) is 4.21. The van der Waals surface area contributed by atoms with Gasteiger partial charge in [0.1, 0.15) is 24.3 Å². The fourth-order valence-electron chi connectivity index (χ4n) is 2.66. The minimum atomic E-state index is -0.163. The van der Waals surface area contributed by atoms with Crippen LogP contribution in [0, 0.1) is 13.8 Å². The van der Waals surface area contributed by atoms with Gasteiger partial charge in [-0.2, -0.15) is 0 Å². The van der Waals surface area contributed by atoms with Gasteiger partial charge in [-0.15, -0.1) is 0 Å². The number of benzene rings is 1. The first-order valence-electron chi connectivity index (χ1n) is 7.27. The van der Waals surface area contributed by atoms with Crippen molar-refractivity contribution in [3.63, 3.8) is 0 Å². The summed E-state index contributed by atoms with van der Waals surface area (Å²) < 4.78 is 6.69. The number of halogens is 1. The van der Waals surface area contributed by atoms with Gasteiger partial charge < -0.3 is 15.0 Å². The molecule has 7 heteroatoms. The molecule has 1 aliphatic rings. The summed E-state index contributed by atoms with van der Waals surface area (Å²) in [4.78, 5) is 23.0. The number of hydrogen-bond donors (Lipinski definition) is 1. The molecule has 1 N–H and O–H groups in total. The predicted octanol–water partition coefficient (Wildman–Crippen LogP) is 2.94. The second-order valence-electron chi connectivity index (χ2n) is 5.35. The molecule has 2 heterocycles. The molecule has 23 heavy (non-hydrogen) atoms. The standard InChI is InChI=1S/C16H17BrN4O2/c1-9-6-11(7-10(2)13(9)17)21-4-5-23-15-12(16(21)22)14(18-3)19-8-20-15/h6-8H,4-5H2,1-3H3,(H,18,19,20). The van der Waals surface area contributed by atoms with Gasteiger partial charge in [0.15, 0.2) is 0 Å². The van der Waals surface area contributed by atoms with Crippen LogP contribution in [0.2, 0.25) is 0 Å². The van der Waals surface area contributed by atoms with E-state index in [-0.39, 0.29) is 5.91 Å². The molecule has 6 nitrogen and oxygen atoms in total. The summed E-state index contributed by atoms with van der Waals surface area (Å²) in [7, 11) is 1.72. The summed E-state index contributed by atoms with van der Waals surface area (Å²) >= 11 is 3.56. The zero-order chi connectivity index (χ0) is 16.6. The number of rotatable bonds is 2. The highest BCUT2D eigenvalue weighted by Gasteiger charge is 2.29. The maximum absolute atomic E-state index is 13.0. The summed E-state index contributed by atoms with van der Waals surface area (Å²) in [5.74, 6) is 0.628. The molecule has 1 aromatic heterocycles. The highest BCUT2D eigenvalue weighted by Crippen LogP contribution is 2.31. The Balaban J connectivity index is 2.10. The number of anilines is 2. The average Bonchev–Trinajstić information content (AvgIpc) is 2.71. The molecule has 0 radical (unpaired) electrons. The number of amides is 1. The third-order valence-corrected chi connectivity index (χ3v) is 5.05. The second kappa shape index (κ2) is 6.16. The van der Waals surface area contributed by atoms with Gasteiger partial charge in [-0.3, -0.25) is 4.79 Å². The first-order chi connectivity index (χ1) is 11.0. The third-order valence-electron chi connectivity index (χ3n) is 3.79. The minimum absolute atomic E-state index is 0.163. The number of fused-ring (bicyclic) bond motifs is 1. The number of aryl methyl sites for hydroxylation is 2. The number of carbonyl (C=O) groups is 1. The number of nitrogens with one attached hydrogen (secondary N) is 1. The van der Waals surface area contributed by atoms with Gasteiger partial charge in [0.05, 0.1) is 6.54 Å². The number of hydrogen-bond acceptors (Lipinski definition) is 5. The highest BCUT2D eigenvalue weighted by molar-refractivity contribution is 9.10. The summed E-state index contributed by atoms with van der Waals surface area (Å²) in [6, 6.07) is 3.98. The monoisotopic (exact) mass is 376 g/mol. The Morgan fingerprint density at radius 2 is 1.96 bits per heavy atom. The lowest BCUT2D eigenvalue weighted by Gasteiger charge is -2.22. The zero-order valence-electron chi connectivity index (χ0n) is 13.2. The van der Waals surface area contributed by atoms with Gasteiger partial charge in [0.25, 0.3) is 5.91 Å². The van der Waals surface area contributed by atoms with Crippen molar-refractivity contribution in [3.05, 3.63) is 39.6 Å². The highest BCUT2D eigenvalue weighted by atomic mass is 79.9. The Bertz CT molecular complexity index is 756. The molecule has 1 aliphatic heterocycles. The average molecular weight is 377 g/mol. The van der Waals surface area contributed by atoms with Crippen molar-refractivity contribution in [3.8, 4) is 5.88 Å². The molecule has 3 rings (SSSR count). The smallest absolute Gasteiger partial charge is 0.267 e. The van der Waals surface area contributed by atoms with Crippen molar-refractivity contribution in [2.75, 3.05) is 30.4 Å². The molecule has 0 fully saturated rings. The summed E-state index contributed by atoms with van der Waals surface area (Å²) in [5.41, 5.74) is 3.37. The van der Waals surface area contributed by atoms with Crippen molar-refractivity contribution >= 4 is 33.3 Å². The van der Waals surface area contributed by atoms with Crippen LogP contribution < -0.4 is 15.0 Å². The fraction of sp³-hybridized carbons (Fsp3) is 0.312. The first kappa shape index (κ1) is 15.7. The van der Waals surface area contributed by atoms with E-state index >= 15 is 0 Å². The molecule has 0 atom stereocenters. The lowest BCUT2D eigenvalue weighted by Crippen LogP contribution is -2.33. The summed E-state index contributed by atoms with van der Waals surface area (Å²) in [6.07, 6.45) is 1.39. The molecule has 0 saturated heterocycles. The number of ether oxygens (including phenoxy) is 1. The lowest BCUT2D eigenvalue weighted by atomic mass is 10.1. The van der Waals surface area contributed by atoms with Crippen molar-refractivity contribution in [2.24, 2.45) is 0 Å². The van der Waals surface area contributed by atoms with Gasteiger partial charge in [0.2, 0.25) is 5.88 Å². The topological polar surface area (TPSA) is 67.4 Å². The largest absolute Gasteiger partial charge is 0.475 e. The van der Waals surface area contributed by atoms with E-state index in [1.165, 1.54) is 6.33 Å². The van der Waals surface area contributed by atoms with Gasteiger partial charge in [-0.1, -0.05) is 15.9 Å². The van der Waals surface area contributed by atoms with Crippen LogP contribution in [0.1, 0.15) is 21.5 Å². The maximum atomic E-state index is 13.0. The second-order valence-corrected chi connectivity index (χ2v) is 6.14. The normalized spacial score (nSPS) is 14.1. The van der Waals surface area contributed by atoms with E-state index in [0.29, 0.717) is 30.4 Å². The Labute approximate surface area is 143 Å². The number of carbonyl (C=O) groups excluding carboxylic acids is 1. The van der Waals surface area contributed by atoms with Crippen LogP contribution in [-0.4, -0.2) is 36.1 Å². The van der Waals surface area contributed by atoms with E-state index in [1.54, 1.807) is 11.9 Å². The van der Waals surface area contributed by atoms with Gasteiger partial charge in [0, 0.05) is 17.2 Å². The van der Waals surface area contributed by atoms with Crippen LogP contribution in [0.5, 0.6) is 5.88 Å². The molecule has 0 spiro atoms. The van der Waals surface area contributed by atoms with Gasteiger partial charge >= 0.3 is 0 Å². The molecular weight excluding hydrogens is 360 g/mol. The van der Waals surface area contributed by atoms with Crippen LogP contribution in [-0.2, 0) is 0 Å². The predicted molar refractivity (Wildman–Crippen MR) is 92.4 cm³/mol. The van der Waals surface area contributed by atoms with E-state index in [9.17, 15) is 4.79 Å². The van der Waals surface area contributed by atoms with Crippen molar-refractivity contribution in [1.29, 1.82) is 0 Å². The molecular formula is C16H17BrN4O2. The van der Waals surface area contributed by atoms with Crippen LogP contribution in [0.3, 0.4) is 0 Å². The van der Waals surface area contributed by atoms with E-state index < -0.39 is 0 Å². The Hall–Kier alpha value is -2.15. The lowest BCUT2D eigenvalue weighted by molar-refractivity contribution is 0.0990. The van der Waals surface area contributed by atoms with Crippen molar-refractivity contribution in [1.82, 2.24) is 9.97 Å². The number of aromatic nitrogens is 2. The number of nitrogens with zero attached hydrogens (tertiary/aromatic N) is 3. The van der Waals surface area contributed by atoms with Gasteiger partial charge in [-0.25, -0.2) is 9.97 Å². The maximum Gasteiger partial charge on any atom is 0.267 e. The van der Waals surface area contributed by atoms with E-state index in [2.05, 4.69) is 31.2 Å². The van der Waals surface area contributed by atoms with Crippen LogP contribution in [0.15, 0.2) is 22.9 Å². The molecule has 0 aliphatic carbocycles. The Morgan fingerprint density at radius 3 is 2.61 bits per heavy atom. The SMILES string of the molecule is CNc1ncnc2c1C(=O)N(c1cc(C)c(Br)c(C)c1)CCO2. The van der Waals surface area contributed by atoms with Crippen molar-refractivity contribution < 1.29 is 9.53 Å². The fourth-order valence-corrected chi connectivity index (χ4v) is 2.89. The summed E-state index contributed by atoms with van der Waals surface area (Å²) in [6.45, 7) is 4.86. The zero-order valence-corrected chi connectivity index (χ0v) is 14.8. The van der Waals surface area contributed by atoms with E-state index in [0.717, 1.165) is 21.3 Å². The molecule has 2 aromatic rings. The van der Waals surface area contributed by atoms with Crippen LogP contribution in [0.4, 0.5) is 11.5 Å². The molecule has 0 unspecified atom stereocenters. The van der Waals surface area contributed by atoms with Crippen molar-refractivity contribution in [2.45, 2.75) is 13.8 Å². The molecule has 0 saturated carbocycles. The van der Waals surface area contributed by atoms with Crippen LogP contribution >= 0.6 is 15.9 Å². The molecule has 1 aromatic carbocycles. The van der Waals surface area contributed by atoms with Crippen LogP contribution in [0.25, 0.3) is 0 Å². The Morgan fingerprint density at radius 1 is 1.26 bits per heavy atom. The molecule has 0 bridgehead atoms. The minimum Gasteiger partial charge on any atom is -0.475 e. The van der Waals surface area contributed by atoms with E-state index in [4.69, 9.17) is 4.74 Å². The molecule has 120 valence electrons. The quantitative estimate of drug-likeness (QED) is 0.872. The summed E-state index contributed by atoms with van der Waals surface area (Å²) in [5, 5.41) is 2.93.